The highest BCUT2D eigenvalue weighted by Gasteiger charge is 2.34. The summed E-state index contributed by atoms with van der Waals surface area (Å²) in [6.07, 6.45) is -3.58. The number of halogens is 3. The largest absolute Gasteiger partial charge is 0.450 e. The maximum absolute atomic E-state index is 11.8. The Morgan fingerprint density at radius 1 is 1.57 bits per heavy atom. The molecule has 0 radical (unpaired) electrons. The Balaban J connectivity index is 4.36. The molecule has 5 nitrogen and oxygen atoms in total. The van der Waals surface area contributed by atoms with Gasteiger partial charge in [-0.15, -0.1) is 5.10 Å². The molecule has 0 spiro atoms. The van der Waals surface area contributed by atoms with Gasteiger partial charge < -0.3 is 11.1 Å². The third kappa shape index (κ3) is 4.45. The summed E-state index contributed by atoms with van der Waals surface area (Å²) in [6, 6.07) is 0. The standard InChI is InChI=1S/C6H10F3N5/c1-2-4(10)3-14(12)13-5(11)6(7,8)9/h2,10H,1,3,12H2,(H2,11,13). The molecular formula is C6H10F3N5. The van der Waals surface area contributed by atoms with Crippen LogP contribution in [0.25, 0.3) is 0 Å². The second-order valence-corrected chi connectivity index (χ2v) is 2.31. The molecule has 0 unspecified atom stereocenters. The zero-order valence-electron chi connectivity index (χ0n) is 7.17. The number of hydrazone groups is 1. The maximum atomic E-state index is 11.8. The third-order valence-corrected chi connectivity index (χ3v) is 1.11. The monoisotopic (exact) mass is 209 g/mol. The molecule has 0 aliphatic carbocycles. The van der Waals surface area contributed by atoms with Crippen molar-refractivity contribution in [2.75, 3.05) is 6.54 Å². The van der Waals surface area contributed by atoms with E-state index in [4.69, 9.17) is 11.3 Å². The van der Waals surface area contributed by atoms with Crippen LogP contribution in [0.3, 0.4) is 0 Å². The Morgan fingerprint density at radius 2 is 2.07 bits per heavy atom. The maximum Gasteiger partial charge on any atom is 0.450 e. The highest BCUT2D eigenvalue weighted by Crippen LogP contribution is 2.14. The number of amidine groups is 1. The van der Waals surface area contributed by atoms with Crippen molar-refractivity contribution in [1.29, 1.82) is 5.41 Å². The Kier molecular flexibility index (Phi) is 4.09. The Hall–Kier alpha value is -1.57. The topological polar surface area (TPSA) is 91.5 Å². The normalized spacial score (nSPS) is 12.4. The SMILES string of the molecule is C=CC(=N)CN(N)/N=C(\N)C(F)(F)F. The van der Waals surface area contributed by atoms with Gasteiger partial charge in [0.15, 0.2) is 0 Å². The molecule has 0 saturated carbocycles. The number of hydrogen-bond donors (Lipinski definition) is 3. The molecule has 0 atom stereocenters. The number of hydrogen-bond acceptors (Lipinski definition) is 4. The van der Waals surface area contributed by atoms with Gasteiger partial charge in [-0.25, -0.2) is 11.0 Å². The van der Waals surface area contributed by atoms with Crippen LogP contribution in [-0.2, 0) is 0 Å². The van der Waals surface area contributed by atoms with Gasteiger partial charge in [0.2, 0.25) is 5.84 Å². The first-order valence-electron chi connectivity index (χ1n) is 3.40. The lowest BCUT2D eigenvalue weighted by Crippen LogP contribution is -2.38. The van der Waals surface area contributed by atoms with Crippen molar-refractivity contribution < 1.29 is 13.2 Å². The number of hydrazine groups is 1. The summed E-state index contributed by atoms with van der Waals surface area (Å²) in [7, 11) is 0. The van der Waals surface area contributed by atoms with Gasteiger partial charge in [-0.05, 0) is 6.08 Å². The van der Waals surface area contributed by atoms with E-state index in [9.17, 15) is 13.2 Å². The minimum absolute atomic E-state index is 0.0637. The smallest absolute Gasteiger partial charge is 0.378 e. The predicted molar refractivity (Wildman–Crippen MR) is 46.5 cm³/mol. The van der Waals surface area contributed by atoms with Crippen LogP contribution in [0.15, 0.2) is 17.8 Å². The number of nitrogens with two attached hydrogens (primary N) is 2. The summed E-state index contributed by atoms with van der Waals surface area (Å²) < 4.78 is 35.5. The summed E-state index contributed by atoms with van der Waals surface area (Å²) in [4.78, 5) is 0. The average molecular weight is 209 g/mol. The molecule has 0 saturated heterocycles. The average Bonchev–Trinajstić information content (AvgIpc) is 2.02. The summed E-state index contributed by atoms with van der Waals surface area (Å²) in [5, 5.41) is 10.3. The highest BCUT2D eigenvalue weighted by molar-refractivity contribution is 5.93. The molecule has 0 aromatic heterocycles. The van der Waals surface area contributed by atoms with Crippen LogP contribution in [0.2, 0.25) is 0 Å². The fourth-order valence-corrected chi connectivity index (χ4v) is 0.470. The Labute approximate surface area is 78.3 Å². The van der Waals surface area contributed by atoms with Crippen LogP contribution in [0, 0.1) is 5.41 Å². The fraction of sp³-hybridized carbons (Fsp3) is 0.333. The zero-order valence-corrected chi connectivity index (χ0v) is 7.17. The van der Waals surface area contributed by atoms with E-state index >= 15 is 0 Å². The van der Waals surface area contributed by atoms with Gasteiger partial charge in [0.25, 0.3) is 0 Å². The van der Waals surface area contributed by atoms with E-state index in [-0.39, 0.29) is 12.3 Å². The predicted octanol–water partition coefficient (Wildman–Crippen LogP) is 0.202. The van der Waals surface area contributed by atoms with Crippen molar-refractivity contribution in [2.45, 2.75) is 6.18 Å². The molecule has 0 amide bonds. The molecular weight excluding hydrogens is 199 g/mol. The van der Waals surface area contributed by atoms with Gasteiger partial charge in [-0.2, -0.15) is 13.2 Å². The molecule has 0 aliphatic heterocycles. The van der Waals surface area contributed by atoms with E-state index < -0.39 is 12.0 Å². The van der Waals surface area contributed by atoms with Gasteiger partial charge in [-0.1, -0.05) is 6.58 Å². The minimum atomic E-state index is -4.71. The lowest BCUT2D eigenvalue weighted by molar-refractivity contribution is -0.0613. The first kappa shape index (κ1) is 12.4. The van der Waals surface area contributed by atoms with Gasteiger partial charge in [-0.3, -0.25) is 0 Å². The van der Waals surface area contributed by atoms with Crippen LogP contribution in [-0.4, -0.2) is 29.4 Å². The van der Waals surface area contributed by atoms with Crippen molar-refractivity contribution in [3.8, 4) is 0 Å². The zero-order chi connectivity index (χ0) is 11.4. The van der Waals surface area contributed by atoms with Crippen molar-refractivity contribution in [2.24, 2.45) is 16.7 Å². The number of nitrogens with zero attached hydrogens (tertiary/aromatic N) is 2. The van der Waals surface area contributed by atoms with Crippen LogP contribution < -0.4 is 11.6 Å². The summed E-state index contributed by atoms with van der Waals surface area (Å²) in [5.74, 6) is 3.47. The molecule has 14 heavy (non-hydrogen) atoms. The van der Waals surface area contributed by atoms with Gasteiger partial charge in [0, 0.05) is 0 Å². The molecule has 8 heteroatoms. The van der Waals surface area contributed by atoms with Crippen molar-refractivity contribution in [3.63, 3.8) is 0 Å². The Bertz CT molecular complexity index is 257. The number of rotatable bonds is 4. The van der Waals surface area contributed by atoms with Crippen LogP contribution in [0.4, 0.5) is 13.2 Å². The third-order valence-electron chi connectivity index (χ3n) is 1.11. The molecule has 80 valence electrons. The van der Waals surface area contributed by atoms with Crippen LogP contribution in [0.1, 0.15) is 0 Å². The summed E-state index contributed by atoms with van der Waals surface area (Å²) in [6.45, 7) is 2.94. The van der Waals surface area contributed by atoms with E-state index in [0.717, 1.165) is 6.08 Å². The van der Waals surface area contributed by atoms with E-state index in [0.29, 0.717) is 5.12 Å². The summed E-state index contributed by atoms with van der Waals surface area (Å²) in [5.41, 5.74) is 4.51. The van der Waals surface area contributed by atoms with Crippen molar-refractivity contribution in [3.05, 3.63) is 12.7 Å². The van der Waals surface area contributed by atoms with Crippen LogP contribution in [0.5, 0.6) is 0 Å². The minimum Gasteiger partial charge on any atom is -0.378 e. The Morgan fingerprint density at radius 3 is 2.43 bits per heavy atom. The second kappa shape index (κ2) is 4.61. The molecule has 5 N–H and O–H groups in total. The first-order valence-corrected chi connectivity index (χ1v) is 3.40. The molecule has 0 heterocycles. The lowest BCUT2D eigenvalue weighted by Gasteiger charge is -2.13. The lowest BCUT2D eigenvalue weighted by atomic mass is 10.4. The van der Waals surface area contributed by atoms with Gasteiger partial charge in [0.1, 0.15) is 0 Å². The van der Waals surface area contributed by atoms with E-state index in [1.54, 1.807) is 0 Å². The molecule has 0 rings (SSSR count). The van der Waals surface area contributed by atoms with Crippen molar-refractivity contribution >= 4 is 11.5 Å². The first-order chi connectivity index (χ1) is 6.27. The number of nitrogens with one attached hydrogen (secondary N) is 1. The van der Waals surface area contributed by atoms with E-state index in [1.807, 2.05) is 0 Å². The van der Waals surface area contributed by atoms with Crippen LogP contribution >= 0.6 is 0 Å². The molecule has 0 fully saturated rings. The van der Waals surface area contributed by atoms with Crippen molar-refractivity contribution in [1.82, 2.24) is 5.12 Å². The highest BCUT2D eigenvalue weighted by atomic mass is 19.4. The van der Waals surface area contributed by atoms with E-state index in [1.165, 1.54) is 0 Å². The van der Waals surface area contributed by atoms with Gasteiger partial charge >= 0.3 is 6.18 Å². The molecule has 0 aliphatic rings. The molecule has 0 aromatic carbocycles. The van der Waals surface area contributed by atoms with Gasteiger partial charge in [0.05, 0.1) is 12.3 Å². The molecule has 0 bridgehead atoms. The summed E-state index contributed by atoms with van der Waals surface area (Å²) >= 11 is 0. The number of alkyl halides is 3. The van der Waals surface area contributed by atoms with E-state index in [2.05, 4.69) is 17.4 Å². The molecule has 0 aromatic rings. The fourth-order valence-electron chi connectivity index (χ4n) is 0.470. The second-order valence-electron chi connectivity index (χ2n) is 2.31. The quantitative estimate of drug-likeness (QED) is 0.267.